The lowest BCUT2D eigenvalue weighted by Gasteiger charge is -2.31. The number of imide groups is 1. The Kier molecular flexibility index (Phi) is 5.58. The summed E-state index contributed by atoms with van der Waals surface area (Å²) < 4.78 is 24.6. The maximum Gasteiger partial charge on any atom is 0.296 e. The van der Waals surface area contributed by atoms with Crippen molar-refractivity contribution in [3.8, 4) is 24.7 Å². The van der Waals surface area contributed by atoms with Crippen molar-refractivity contribution in [2.75, 3.05) is 19.8 Å². The first-order valence-electron chi connectivity index (χ1n) is 7.12. The molecule has 0 spiro atoms. The van der Waals surface area contributed by atoms with Crippen molar-refractivity contribution < 1.29 is 33.7 Å². The summed E-state index contributed by atoms with van der Waals surface area (Å²) in [6, 6.07) is 0. The monoisotopic (exact) mass is 337 g/mol. The summed E-state index contributed by atoms with van der Waals surface area (Å²) >= 11 is 0. The molecule has 0 aliphatic carbocycles. The lowest BCUT2D eigenvalue weighted by molar-refractivity contribution is -0.151. The van der Waals surface area contributed by atoms with E-state index in [2.05, 4.69) is 11.8 Å². The number of hydrogen-bond donors (Lipinski definition) is 2. The molecule has 1 saturated heterocycles. The molecule has 24 heavy (non-hydrogen) atoms. The van der Waals surface area contributed by atoms with Crippen LogP contribution in [0.25, 0.3) is 0 Å². The van der Waals surface area contributed by atoms with Gasteiger partial charge in [0.15, 0.2) is 11.9 Å². The summed E-state index contributed by atoms with van der Waals surface area (Å²) in [6.07, 6.45) is 5.27. The normalized spacial score (nSPS) is 33.0. The van der Waals surface area contributed by atoms with Crippen LogP contribution in [0.2, 0.25) is 0 Å². The van der Waals surface area contributed by atoms with Crippen LogP contribution in [0.3, 0.4) is 0 Å². The third-order valence-electron chi connectivity index (χ3n) is 3.79. The first-order chi connectivity index (χ1) is 11.5. The van der Waals surface area contributed by atoms with E-state index in [0.717, 1.165) is 11.0 Å². The van der Waals surface area contributed by atoms with E-state index < -0.39 is 48.8 Å². The predicted octanol–water partition coefficient (Wildman–Crippen LogP) is -1.40. The molecule has 5 atom stereocenters. The fourth-order valence-electron chi connectivity index (χ4n) is 2.61. The van der Waals surface area contributed by atoms with Gasteiger partial charge in [0.25, 0.3) is 5.91 Å². The van der Waals surface area contributed by atoms with Gasteiger partial charge in [0.2, 0.25) is 5.91 Å². The summed E-state index contributed by atoms with van der Waals surface area (Å²) in [5.41, 5.74) is 0. The molecule has 2 heterocycles. The van der Waals surface area contributed by atoms with Gasteiger partial charge in [0, 0.05) is 0 Å². The molecule has 2 rings (SSSR count). The molecule has 0 aromatic rings. The van der Waals surface area contributed by atoms with Crippen molar-refractivity contribution in [3.63, 3.8) is 0 Å². The fraction of sp³-hybridized carbons (Fsp3) is 0.500. The highest BCUT2D eigenvalue weighted by Crippen LogP contribution is 2.33. The number of alkyl halides is 1. The summed E-state index contributed by atoms with van der Waals surface area (Å²) in [5, 5.41) is 18.8. The van der Waals surface area contributed by atoms with E-state index >= 15 is 0 Å². The number of nitrogens with zero attached hydrogens (tertiary/aromatic N) is 1. The zero-order chi connectivity index (χ0) is 17.9. The second-order valence-corrected chi connectivity index (χ2v) is 5.24. The Balaban J connectivity index is 2.34. The van der Waals surface area contributed by atoms with E-state index in [4.69, 9.17) is 27.4 Å². The van der Waals surface area contributed by atoms with Gasteiger partial charge in [-0.1, -0.05) is 11.8 Å². The molecule has 0 bridgehead atoms. The quantitative estimate of drug-likeness (QED) is 0.473. The Morgan fingerprint density at radius 2 is 2.08 bits per heavy atom. The molecule has 7 nitrogen and oxygen atoms in total. The molecular weight excluding hydrogens is 321 g/mol. The molecule has 0 aromatic heterocycles. The molecule has 1 fully saturated rings. The maximum atomic E-state index is 14.3. The molecule has 0 saturated carbocycles. The highest BCUT2D eigenvalue weighted by molar-refractivity contribution is 6.07. The first-order valence-corrected chi connectivity index (χ1v) is 7.12. The number of aliphatic hydroxyl groups is 2. The summed E-state index contributed by atoms with van der Waals surface area (Å²) in [6.45, 7) is -1.18. The lowest BCUT2D eigenvalue weighted by Crippen LogP contribution is -2.50. The zero-order valence-electron chi connectivity index (χ0n) is 12.6. The molecule has 0 radical (unpaired) electrons. The van der Waals surface area contributed by atoms with Crippen LogP contribution >= 0.6 is 0 Å². The molecule has 128 valence electrons. The summed E-state index contributed by atoms with van der Waals surface area (Å²) in [5.74, 6) is 1.29. The van der Waals surface area contributed by atoms with Crippen molar-refractivity contribution in [2.24, 2.45) is 5.92 Å². The van der Waals surface area contributed by atoms with Crippen molar-refractivity contribution in [1.82, 2.24) is 4.90 Å². The van der Waals surface area contributed by atoms with Crippen LogP contribution in [-0.4, -0.2) is 71.2 Å². The molecular formula is C16H16FNO6. The van der Waals surface area contributed by atoms with Crippen LogP contribution in [0.4, 0.5) is 4.39 Å². The average molecular weight is 337 g/mol. The van der Waals surface area contributed by atoms with Crippen LogP contribution < -0.4 is 0 Å². The molecule has 2 aliphatic heterocycles. The maximum absolute atomic E-state index is 14.3. The van der Waals surface area contributed by atoms with Crippen molar-refractivity contribution >= 4 is 11.8 Å². The highest BCUT2D eigenvalue weighted by Gasteiger charge is 2.51. The van der Waals surface area contributed by atoms with Crippen LogP contribution in [0.5, 0.6) is 0 Å². The van der Waals surface area contributed by atoms with Gasteiger partial charge in [-0.05, 0) is 6.08 Å². The number of terminal acetylenes is 2. The van der Waals surface area contributed by atoms with Crippen LogP contribution in [0.1, 0.15) is 0 Å². The minimum absolute atomic E-state index is 0.227. The Bertz CT molecular complexity index is 633. The second-order valence-electron chi connectivity index (χ2n) is 5.24. The molecule has 2 amide bonds. The Labute approximate surface area is 138 Å². The minimum atomic E-state index is -1.93. The molecule has 8 heteroatoms. The van der Waals surface area contributed by atoms with Gasteiger partial charge in [-0.25, -0.2) is 4.39 Å². The molecule has 2 N–H and O–H groups in total. The van der Waals surface area contributed by atoms with Gasteiger partial charge >= 0.3 is 0 Å². The van der Waals surface area contributed by atoms with E-state index in [1.54, 1.807) is 0 Å². The smallest absolute Gasteiger partial charge is 0.296 e. The third-order valence-corrected chi connectivity index (χ3v) is 3.79. The lowest BCUT2D eigenvalue weighted by atomic mass is 9.92. The van der Waals surface area contributed by atoms with E-state index in [9.17, 15) is 19.1 Å². The van der Waals surface area contributed by atoms with Crippen LogP contribution in [-0.2, 0) is 19.1 Å². The van der Waals surface area contributed by atoms with Gasteiger partial charge < -0.3 is 19.7 Å². The number of carbonyl (C=O) groups excluding carboxylic acids is 2. The second kappa shape index (κ2) is 7.45. The van der Waals surface area contributed by atoms with Gasteiger partial charge in [-0.15, -0.1) is 12.8 Å². The van der Waals surface area contributed by atoms with E-state index in [1.807, 2.05) is 0 Å². The zero-order valence-corrected chi connectivity index (χ0v) is 12.6. The number of rotatable bonds is 5. The topological polar surface area (TPSA) is 96.3 Å². The van der Waals surface area contributed by atoms with Crippen molar-refractivity contribution in [3.05, 3.63) is 11.8 Å². The summed E-state index contributed by atoms with van der Waals surface area (Å²) in [7, 11) is 0. The number of carbonyl (C=O) groups is 2. The Morgan fingerprint density at radius 3 is 2.62 bits per heavy atom. The van der Waals surface area contributed by atoms with E-state index in [0.29, 0.717) is 0 Å². The average Bonchev–Trinajstić information content (AvgIpc) is 2.86. The molecule has 0 aromatic carbocycles. The van der Waals surface area contributed by atoms with E-state index in [-0.39, 0.29) is 18.9 Å². The van der Waals surface area contributed by atoms with Gasteiger partial charge in [-0.2, -0.15) is 0 Å². The van der Waals surface area contributed by atoms with Crippen LogP contribution in [0.15, 0.2) is 11.8 Å². The fourth-order valence-corrected chi connectivity index (χ4v) is 2.61. The standard InChI is InChI=1S/C16H16FNO6/c1-3-5-18-15(21)9(7-10(16(18)22)23-6-4-2)14-12(17)13(20)11(8-19)24-14/h1-2,7,9,11-14,19-20H,5-6,8H2/t9?,11?,12-,13?,14?/m1/s1. The number of ether oxygens (including phenoxy) is 2. The summed E-state index contributed by atoms with van der Waals surface area (Å²) in [4.78, 5) is 25.4. The molecule has 2 aliphatic rings. The van der Waals surface area contributed by atoms with E-state index in [1.165, 1.54) is 0 Å². The van der Waals surface area contributed by atoms with Crippen molar-refractivity contribution in [1.29, 1.82) is 0 Å². The number of aliphatic hydroxyl groups excluding tert-OH is 2. The predicted molar refractivity (Wildman–Crippen MR) is 78.6 cm³/mol. The Morgan fingerprint density at radius 1 is 1.38 bits per heavy atom. The minimum Gasteiger partial charge on any atom is -0.475 e. The van der Waals surface area contributed by atoms with Gasteiger partial charge in [0.05, 0.1) is 19.1 Å². The van der Waals surface area contributed by atoms with Crippen LogP contribution in [0, 0.1) is 30.6 Å². The van der Waals surface area contributed by atoms with Gasteiger partial charge in [0.1, 0.15) is 24.9 Å². The first kappa shape index (κ1) is 18.0. The number of hydrogen-bond acceptors (Lipinski definition) is 6. The highest BCUT2D eigenvalue weighted by atomic mass is 19.1. The molecule has 4 unspecified atom stereocenters. The number of amides is 2. The SMILES string of the molecule is C#CCOC1=CC(C2OC(CO)C(O)[C@H]2F)C(=O)N(CC#C)C1=O. The third kappa shape index (κ3) is 3.13. The van der Waals surface area contributed by atoms with Gasteiger partial charge in [-0.3, -0.25) is 14.5 Å². The van der Waals surface area contributed by atoms with Crippen molar-refractivity contribution in [2.45, 2.75) is 24.5 Å². The largest absolute Gasteiger partial charge is 0.475 e. The number of halogens is 1. The Hall–Kier alpha value is -2.39.